The first kappa shape index (κ1) is 18.6. The number of nitrogens with one attached hydrogen (secondary N) is 1. The molecule has 2 rings (SSSR count). The zero-order valence-corrected chi connectivity index (χ0v) is 14.7. The number of benzene rings is 2. The van der Waals surface area contributed by atoms with Crippen LogP contribution in [0.3, 0.4) is 0 Å². The summed E-state index contributed by atoms with van der Waals surface area (Å²) < 4.78 is 11.1. The van der Waals surface area contributed by atoms with Gasteiger partial charge in [-0.3, -0.25) is 4.79 Å². The van der Waals surface area contributed by atoms with Crippen LogP contribution in [0.5, 0.6) is 17.2 Å². The second kappa shape index (κ2) is 9.57. The van der Waals surface area contributed by atoms with Gasteiger partial charge in [-0.15, -0.1) is 0 Å². The van der Waals surface area contributed by atoms with Crippen molar-refractivity contribution in [1.82, 2.24) is 0 Å². The molecule has 0 atom stereocenters. The highest BCUT2D eigenvalue weighted by atomic mass is 16.5. The maximum atomic E-state index is 12.4. The molecular formula is C20H25NO4. The molecule has 2 N–H and O–H groups in total. The molecule has 0 aliphatic rings. The van der Waals surface area contributed by atoms with Crippen LogP contribution in [-0.2, 0) is 0 Å². The molecule has 0 unspecified atom stereocenters. The highest BCUT2D eigenvalue weighted by Crippen LogP contribution is 2.29. The molecule has 1 amide bonds. The number of carbonyl (C=O) groups is 1. The van der Waals surface area contributed by atoms with E-state index in [-0.39, 0.29) is 11.7 Å². The Morgan fingerprint density at radius 3 is 2.60 bits per heavy atom. The summed E-state index contributed by atoms with van der Waals surface area (Å²) in [6.07, 6.45) is 4.52. The third-order valence-corrected chi connectivity index (χ3v) is 3.83. The summed E-state index contributed by atoms with van der Waals surface area (Å²) in [5.74, 6) is 0.836. The molecule has 5 heteroatoms. The van der Waals surface area contributed by atoms with Gasteiger partial charge in [0, 0.05) is 5.56 Å². The molecular weight excluding hydrogens is 318 g/mol. The first-order chi connectivity index (χ1) is 12.2. The number of carbonyl (C=O) groups excluding carboxylic acids is 1. The lowest BCUT2D eigenvalue weighted by atomic mass is 10.1. The highest BCUT2D eigenvalue weighted by Gasteiger charge is 2.12. The Hall–Kier alpha value is -2.69. The van der Waals surface area contributed by atoms with Gasteiger partial charge in [-0.25, -0.2) is 0 Å². The Balaban J connectivity index is 2.02. The van der Waals surface area contributed by atoms with Gasteiger partial charge in [0.05, 0.1) is 19.4 Å². The van der Waals surface area contributed by atoms with Gasteiger partial charge in [0.15, 0.2) is 11.5 Å². The lowest BCUT2D eigenvalue weighted by Gasteiger charge is -2.12. The Morgan fingerprint density at radius 2 is 1.88 bits per heavy atom. The average molecular weight is 343 g/mol. The molecule has 134 valence electrons. The minimum absolute atomic E-state index is 0.0230. The Bertz CT molecular complexity index is 700. The summed E-state index contributed by atoms with van der Waals surface area (Å²) >= 11 is 0. The van der Waals surface area contributed by atoms with E-state index in [9.17, 15) is 9.90 Å². The van der Waals surface area contributed by atoms with Gasteiger partial charge >= 0.3 is 0 Å². The average Bonchev–Trinajstić information content (AvgIpc) is 2.63. The molecule has 0 saturated heterocycles. The molecule has 0 aliphatic heterocycles. The first-order valence-electron chi connectivity index (χ1n) is 8.56. The quantitative estimate of drug-likeness (QED) is 0.515. The van der Waals surface area contributed by atoms with Crippen LogP contribution in [-0.4, -0.2) is 24.7 Å². The summed E-state index contributed by atoms with van der Waals surface area (Å²) in [7, 11) is 1.55. The van der Waals surface area contributed by atoms with Gasteiger partial charge in [0.25, 0.3) is 5.91 Å². The lowest BCUT2D eigenvalue weighted by Crippen LogP contribution is -2.12. The summed E-state index contributed by atoms with van der Waals surface area (Å²) in [6.45, 7) is 2.79. The number of ether oxygens (including phenoxy) is 2. The van der Waals surface area contributed by atoms with Gasteiger partial charge in [0.1, 0.15) is 5.75 Å². The van der Waals surface area contributed by atoms with Crippen molar-refractivity contribution in [3.8, 4) is 17.2 Å². The van der Waals surface area contributed by atoms with Crippen molar-refractivity contribution in [3.63, 3.8) is 0 Å². The van der Waals surface area contributed by atoms with Crippen LogP contribution >= 0.6 is 0 Å². The molecule has 5 nitrogen and oxygen atoms in total. The minimum atomic E-state index is -0.325. The summed E-state index contributed by atoms with van der Waals surface area (Å²) in [5, 5.41) is 12.4. The number of unbranched alkanes of at least 4 members (excludes halogenated alkanes) is 3. The van der Waals surface area contributed by atoms with Gasteiger partial charge < -0.3 is 19.9 Å². The van der Waals surface area contributed by atoms with Crippen molar-refractivity contribution < 1.29 is 19.4 Å². The van der Waals surface area contributed by atoms with Crippen LogP contribution in [0, 0.1) is 0 Å². The van der Waals surface area contributed by atoms with E-state index < -0.39 is 0 Å². The molecule has 2 aromatic carbocycles. The zero-order valence-electron chi connectivity index (χ0n) is 14.7. The number of phenols is 1. The van der Waals surface area contributed by atoms with Crippen molar-refractivity contribution in [2.75, 3.05) is 19.0 Å². The predicted octanol–water partition coefficient (Wildman–Crippen LogP) is 4.61. The number of hydrogen-bond donors (Lipinski definition) is 2. The Kier molecular flexibility index (Phi) is 7.14. The standard InChI is InChI=1S/C20H25NO4/c1-3-4-5-8-13-25-18-12-11-15(14-19(18)24-2)20(23)21-16-9-6-7-10-17(16)22/h6-7,9-12,14,22H,3-5,8,13H2,1-2H3,(H,21,23). The van der Waals surface area contributed by atoms with Crippen molar-refractivity contribution in [1.29, 1.82) is 0 Å². The third kappa shape index (κ3) is 5.41. The molecule has 0 fully saturated rings. The maximum Gasteiger partial charge on any atom is 0.255 e. The van der Waals surface area contributed by atoms with Crippen molar-refractivity contribution >= 4 is 11.6 Å². The van der Waals surface area contributed by atoms with E-state index in [1.54, 1.807) is 43.5 Å². The fourth-order valence-corrected chi connectivity index (χ4v) is 2.41. The largest absolute Gasteiger partial charge is 0.506 e. The van der Waals surface area contributed by atoms with Gasteiger partial charge in [-0.2, -0.15) is 0 Å². The second-order valence-electron chi connectivity index (χ2n) is 5.75. The number of hydrogen-bond acceptors (Lipinski definition) is 4. The third-order valence-electron chi connectivity index (χ3n) is 3.83. The summed E-state index contributed by atoms with van der Waals surface area (Å²) in [5.41, 5.74) is 0.793. The molecule has 0 radical (unpaired) electrons. The monoisotopic (exact) mass is 343 g/mol. The van der Waals surface area contributed by atoms with Crippen LogP contribution in [0.2, 0.25) is 0 Å². The Labute approximate surface area is 148 Å². The van der Waals surface area contributed by atoms with Crippen molar-refractivity contribution in [2.24, 2.45) is 0 Å². The second-order valence-corrected chi connectivity index (χ2v) is 5.75. The van der Waals surface area contributed by atoms with Crippen LogP contribution in [0.4, 0.5) is 5.69 Å². The molecule has 25 heavy (non-hydrogen) atoms. The van der Waals surface area contributed by atoms with E-state index in [1.807, 2.05) is 0 Å². The van der Waals surface area contributed by atoms with Crippen LogP contribution in [0.15, 0.2) is 42.5 Å². The number of aromatic hydroxyl groups is 1. The summed E-state index contributed by atoms with van der Waals surface area (Å²) in [6, 6.07) is 11.6. The van der Waals surface area contributed by atoms with Crippen LogP contribution < -0.4 is 14.8 Å². The summed E-state index contributed by atoms with van der Waals surface area (Å²) in [4.78, 5) is 12.4. The molecule has 0 aromatic heterocycles. The fourth-order valence-electron chi connectivity index (χ4n) is 2.41. The van der Waals surface area contributed by atoms with E-state index in [0.717, 1.165) is 12.8 Å². The highest BCUT2D eigenvalue weighted by molar-refractivity contribution is 6.05. The smallest absolute Gasteiger partial charge is 0.255 e. The maximum absolute atomic E-state index is 12.4. The molecule has 0 heterocycles. The number of amides is 1. The van der Waals surface area contributed by atoms with Crippen LogP contribution in [0.1, 0.15) is 43.0 Å². The van der Waals surface area contributed by atoms with Gasteiger partial charge in [-0.05, 0) is 36.8 Å². The van der Waals surface area contributed by atoms with E-state index in [1.165, 1.54) is 18.9 Å². The van der Waals surface area contributed by atoms with Crippen molar-refractivity contribution in [3.05, 3.63) is 48.0 Å². The van der Waals surface area contributed by atoms with E-state index in [4.69, 9.17) is 9.47 Å². The SMILES string of the molecule is CCCCCCOc1ccc(C(=O)Nc2ccccc2O)cc1OC. The van der Waals surface area contributed by atoms with Crippen molar-refractivity contribution in [2.45, 2.75) is 32.6 Å². The number of rotatable bonds is 9. The van der Waals surface area contributed by atoms with Gasteiger partial charge in [0.2, 0.25) is 0 Å². The van der Waals surface area contributed by atoms with Crippen LogP contribution in [0.25, 0.3) is 0 Å². The number of para-hydroxylation sites is 2. The number of methoxy groups -OCH3 is 1. The molecule has 2 aromatic rings. The van der Waals surface area contributed by atoms with E-state index >= 15 is 0 Å². The lowest BCUT2D eigenvalue weighted by molar-refractivity contribution is 0.102. The molecule has 0 saturated carbocycles. The molecule has 0 aliphatic carbocycles. The van der Waals surface area contributed by atoms with Gasteiger partial charge in [-0.1, -0.05) is 38.3 Å². The van der Waals surface area contributed by atoms with E-state index in [0.29, 0.717) is 29.4 Å². The van der Waals surface area contributed by atoms with E-state index in [2.05, 4.69) is 12.2 Å². The topological polar surface area (TPSA) is 67.8 Å². The molecule has 0 spiro atoms. The zero-order chi connectivity index (χ0) is 18.1. The number of phenolic OH excluding ortho intramolecular Hbond substituents is 1. The normalized spacial score (nSPS) is 10.3. The minimum Gasteiger partial charge on any atom is -0.506 e. The first-order valence-corrected chi connectivity index (χ1v) is 8.56. The molecule has 0 bridgehead atoms. The fraction of sp³-hybridized carbons (Fsp3) is 0.350. The Morgan fingerprint density at radius 1 is 1.08 bits per heavy atom. The predicted molar refractivity (Wildman–Crippen MR) is 98.7 cm³/mol. The number of anilines is 1.